The topological polar surface area (TPSA) is 168 Å². The van der Waals surface area contributed by atoms with E-state index in [9.17, 15) is 24.3 Å². The number of epoxide rings is 1. The summed E-state index contributed by atoms with van der Waals surface area (Å²) in [5.41, 5.74) is 0.287. The van der Waals surface area contributed by atoms with E-state index in [1.165, 1.54) is 38.0 Å². The van der Waals surface area contributed by atoms with Gasteiger partial charge in [0.15, 0.2) is 5.72 Å². The van der Waals surface area contributed by atoms with Crippen LogP contribution in [0, 0.1) is 0 Å². The second kappa shape index (κ2) is 16.4. The number of aliphatic hydroxyl groups is 1. The van der Waals surface area contributed by atoms with Gasteiger partial charge in [-0.1, -0.05) is 35.4 Å². The Morgan fingerprint density at radius 2 is 1.89 bits per heavy atom. The first-order valence-electron chi connectivity index (χ1n) is 17.7. The molecule has 0 spiro atoms. The fourth-order valence-corrected chi connectivity index (χ4v) is 7.12. The van der Waals surface area contributed by atoms with Gasteiger partial charge in [0.1, 0.15) is 40.7 Å². The first-order valence-corrected chi connectivity index (χ1v) is 18.1. The van der Waals surface area contributed by atoms with Gasteiger partial charge in [0.2, 0.25) is 5.91 Å². The number of likely N-dealkylation sites (N-methyl/N-ethyl adjacent to an activating group) is 1. The molecule has 2 fully saturated rings. The summed E-state index contributed by atoms with van der Waals surface area (Å²) < 4.78 is 29.0. The zero-order chi connectivity index (χ0) is 39.5. The number of rotatable bonds is 7. The number of anilines is 2. The number of nitrogens with one attached hydrogen (secondary N) is 2. The molecule has 3 aliphatic rings. The molecule has 7 atom stereocenters. The quantitative estimate of drug-likeness (QED) is 0.266. The van der Waals surface area contributed by atoms with Gasteiger partial charge in [-0.15, -0.1) is 0 Å². The highest BCUT2D eigenvalue weighted by molar-refractivity contribution is 6.35. The molecule has 54 heavy (non-hydrogen) atoms. The average Bonchev–Trinajstić information content (AvgIpc) is 3.80. The molecule has 15 heteroatoms. The van der Waals surface area contributed by atoms with E-state index in [2.05, 4.69) is 10.6 Å². The molecule has 3 N–H and O–H groups in total. The molecule has 2 aromatic carbocycles. The molecule has 0 unspecified atom stereocenters. The Bertz CT molecular complexity index is 1820. The van der Waals surface area contributed by atoms with Crippen molar-refractivity contribution >= 4 is 46.9 Å². The van der Waals surface area contributed by atoms with Gasteiger partial charge in [0, 0.05) is 52.3 Å². The molecular formula is C39H49ClN4O10. The van der Waals surface area contributed by atoms with Crippen LogP contribution in [0.25, 0.3) is 0 Å². The van der Waals surface area contributed by atoms with Crippen molar-refractivity contribution in [3.05, 3.63) is 76.3 Å². The Balaban J connectivity index is 1.49. The van der Waals surface area contributed by atoms with Crippen LogP contribution in [-0.4, -0.2) is 111 Å². The van der Waals surface area contributed by atoms with E-state index >= 15 is 0 Å². The number of alkyl carbamates (subject to hydrolysis) is 1. The molecular weight excluding hydrogens is 720 g/mol. The number of fused-ring (bicyclic) bond motifs is 5. The van der Waals surface area contributed by atoms with E-state index in [4.69, 9.17) is 35.3 Å². The Morgan fingerprint density at radius 1 is 1.19 bits per heavy atom. The van der Waals surface area contributed by atoms with Gasteiger partial charge < -0.3 is 43.9 Å². The molecule has 0 aliphatic carbocycles. The van der Waals surface area contributed by atoms with Crippen LogP contribution in [0.1, 0.15) is 56.0 Å². The molecule has 0 radical (unpaired) electrons. The minimum absolute atomic E-state index is 0.0459. The molecule has 0 saturated carbocycles. The van der Waals surface area contributed by atoms with E-state index < -0.39 is 65.7 Å². The largest absolute Gasteiger partial charge is 0.495 e. The molecule has 5 rings (SSSR count). The molecule has 2 aromatic rings. The minimum atomic E-state index is -1.82. The van der Waals surface area contributed by atoms with E-state index in [0.717, 1.165) is 16.8 Å². The third-order valence-electron chi connectivity index (χ3n) is 10.4. The van der Waals surface area contributed by atoms with E-state index in [1.54, 1.807) is 69.6 Å². The summed E-state index contributed by atoms with van der Waals surface area (Å²) in [6.07, 6.45) is 1.06. The molecule has 14 nitrogen and oxygen atoms in total. The Hall–Kier alpha value is -4.63. The fourth-order valence-electron chi connectivity index (χ4n) is 6.81. The molecule has 4 bridgehead atoms. The minimum Gasteiger partial charge on any atom is -0.495 e. The highest BCUT2D eigenvalue weighted by Crippen LogP contribution is 2.47. The summed E-state index contributed by atoms with van der Waals surface area (Å²) in [6.45, 7) is 5.16. The van der Waals surface area contributed by atoms with Crippen molar-refractivity contribution in [3.63, 3.8) is 0 Å². The Labute approximate surface area is 320 Å². The number of amides is 3. The summed E-state index contributed by atoms with van der Waals surface area (Å²) in [5, 5.41) is 17.4. The maximum Gasteiger partial charge on any atom is 0.409 e. The predicted molar refractivity (Wildman–Crippen MR) is 202 cm³/mol. The van der Waals surface area contributed by atoms with Gasteiger partial charge in [-0.3, -0.25) is 14.9 Å². The van der Waals surface area contributed by atoms with Gasteiger partial charge in [0.05, 0.1) is 25.3 Å². The van der Waals surface area contributed by atoms with E-state index in [-0.39, 0.29) is 24.3 Å². The van der Waals surface area contributed by atoms with Gasteiger partial charge in [-0.25, -0.2) is 9.59 Å². The van der Waals surface area contributed by atoms with Crippen LogP contribution >= 0.6 is 11.6 Å². The SMILES string of the molecule is CNc1ccc(C(=O)N(C)[C@@H](C)C(=O)O[C@H]2CC(=O)N(C)c3cc(cc(OC)c3Cl)C/C(C)=C/C=C/[C@@H](OC)[C@@]3(O)C[C@@H](C[C@@H]4O[C@@]24C)OC(=O)N3)cc1. The number of carbonyl (C=O) groups excluding carboxylic acids is 4. The van der Waals surface area contributed by atoms with Gasteiger partial charge in [-0.05, 0) is 69.2 Å². The first kappa shape index (κ1) is 40.6. The number of ether oxygens (including phenoxy) is 5. The van der Waals surface area contributed by atoms with Crippen LogP contribution in [0.5, 0.6) is 5.75 Å². The Kier molecular flexibility index (Phi) is 12.3. The highest BCUT2D eigenvalue weighted by atomic mass is 35.5. The molecule has 0 aromatic heterocycles. The zero-order valence-corrected chi connectivity index (χ0v) is 32.6. The summed E-state index contributed by atoms with van der Waals surface area (Å²) in [6, 6.07) is 9.35. The number of hydrogen-bond donors (Lipinski definition) is 3. The molecule has 3 aliphatic heterocycles. The molecule has 2 saturated heterocycles. The lowest BCUT2D eigenvalue weighted by molar-refractivity contribution is -0.158. The van der Waals surface area contributed by atoms with Crippen molar-refractivity contribution < 1.29 is 48.0 Å². The van der Waals surface area contributed by atoms with Crippen molar-refractivity contribution in [2.45, 2.75) is 88.2 Å². The zero-order valence-electron chi connectivity index (χ0n) is 31.8. The van der Waals surface area contributed by atoms with Crippen molar-refractivity contribution in [3.8, 4) is 5.75 Å². The standard InChI is InChI=1S/C39H49ClN4O10/c1-22-10-9-11-30(51-8)39(49)21-27(52-37(48)42-39)19-32-38(3,54-32)31(20-33(45)44(6)28-17-24(16-22)18-29(50-7)34(28)40)53-36(47)23(2)43(5)35(46)25-12-14-26(41-4)15-13-25/h9-15,17-18,23,27,30-32,41,49H,16,19-21H2,1-8H3,(H,42,48)/b11-9+,22-10+/t23-,27+,30+,31-,32-,38-,39-/m0/s1. The van der Waals surface area contributed by atoms with Crippen molar-refractivity contribution in [2.75, 3.05) is 45.6 Å². The lowest BCUT2D eigenvalue weighted by Crippen LogP contribution is -2.62. The number of halogens is 1. The van der Waals surface area contributed by atoms with Gasteiger partial charge in [-0.2, -0.15) is 0 Å². The van der Waals surface area contributed by atoms with Crippen LogP contribution in [0.2, 0.25) is 5.02 Å². The fraction of sp³-hybridized carbons (Fsp3) is 0.487. The third kappa shape index (κ3) is 8.67. The van der Waals surface area contributed by atoms with Crippen molar-refractivity contribution in [2.24, 2.45) is 0 Å². The van der Waals surface area contributed by atoms with Gasteiger partial charge in [0.25, 0.3) is 5.91 Å². The van der Waals surface area contributed by atoms with Crippen LogP contribution in [0.15, 0.2) is 60.2 Å². The lowest BCUT2D eigenvalue weighted by Gasteiger charge is -2.40. The van der Waals surface area contributed by atoms with Crippen LogP contribution in [0.3, 0.4) is 0 Å². The maximum absolute atomic E-state index is 14.1. The van der Waals surface area contributed by atoms with Crippen LogP contribution in [-0.2, 0) is 35.0 Å². The second-order valence-corrected chi connectivity index (χ2v) is 14.5. The maximum atomic E-state index is 14.1. The summed E-state index contributed by atoms with van der Waals surface area (Å²) in [4.78, 5) is 56.7. The first-order chi connectivity index (χ1) is 25.5. The van der Waals surface area contributed by atoms with Crippen molar-refractivity contribution in [1.29, 1.82) is 0 Å². The van der Waals surface area contributed by atoms with Crippen molar-refractivity contribution in [1.82, 2.24) is 10.2 Å². The third-order valence-corrected chi connectivity index (χ3v) is 10.8. The number of carbonyl (C=O) groups is 4. The molecule has 3 heterocycles. The monoisotopic (exact) mass is 768 g/mol. The number of benzene rings is 2. The number of allylic oxidation sites excluding steroid dienone is 3. The second-order valence-electron chi connectivity index (χ2n) is 14.2. The van der Waals surface area contributed by atoms with Crippen LogP contribution < -0.4 is 20.3 Å². The molecule has 3 amide bonds. The highest BCUT2D eigenvalue weighted by Gasteiger charge is 2.61. The number of methoxy groups -OCH3 is 2. The number of hydrogen-bond acceptors (Lipinski definition) is 11. The van der Waals surface area contributed by atoms with E-state index in [0.29, 0.717) is 23.4 Å². The smallest absolute Gasteiger partial charge is 0.409 e. The normalized spacial score (nSPS) is 29.3. The lowest BCUT2D eigenvalue weighted by atomic mass is 9.90. The number of esters is 1. The Morgan fingerprint density at radius 3 is 2.54 bits per heavy atom. The average molecular weight is 769 g/mol. The summed E-state index contributed by atoms with van der Waals surface area (Å²) in [7, 11) is 7.75. The predicted octanol–water partition coefficient (Wildman–Crippen LogP) is 4.62. The van der Waals surface area contributed by atoms with Crippen LogP contribution in [0.4, 0.5) is 16.2 Å². The van der Waals surface area contributed by atoms with E-state index in [1.807, 2.05) is 13.0 Å². The van der Waals surface area contributed by atoms with Gasteiger partial charge >= 0.3 is 12.1 Å². The number of nitrogens with zero attached hydrogens (tertiary/aromatic N) is 2. The molecule has 292 valence electrons. The summed E-state index contributed by atoms with van der Waals surface area (Å²) in [5.74, 6) is -1.23. The summed E-state index contributed by atoms with van der Waals surface area (Å²) >= 11 is 6.75.